The number of hydrogen-bond donors (Lipinski definition) is 1. The molecule has 1 heterocycles. The van der Waals surface area contributed by atoms with E-state index in [-0.39, 0.29) is 21.5 Å². The Hall–Kier alpha value is -2.25. The summed E-state index contributed by atoms with van der Waals surface area (Å²) in [6.45, 7) is 0.555. The minimum Gasteiger partial charge on any atom is -0.308 e. The summed E-state index contributed by atoms with van der Waals surface area (Å²) in [5.41, 5.74) is 2.25. The first-order chi connectivity index (χ1) is 14.7. The third-order valence-corrected chi connectivity index (χ3v) is 7.15. The molecule has 0 unspecified atom stereocenters. The molecule has 0 aliphatic carbocycles. The highest BCUT2D eigenvalue weighted by molar-refractivity contribution is 7.92. The summed E-state index contributed by atoms with van der Waals surface area (Å²) in [4.78, 5) is 14.8. The van der Waals surface area contributed by atoms with E-state index in [4.69, 9.17) is 34.8 Å². The summed E-state index contributed by atoms with van der Waals surface area (Å²) in [6.07, 6.45) is 1.40. The van der Waals surface area contributed by atoms with E-state index >= 15 is 0 Å². The van der Waals surface area contributed by atoms with Gasteiger partial charge in [-0.1, -0.05) is 34.8 Å². The van der Waals surface area contributed by atoms with Crippen molar-refractivity contribution in [2.24, 2.45) is 0 Å². The standard InChI is InChI=1S/C22H17Cl3N2O3S/c23-16-5-3-14(4-6-16)22(28)27-11-1-2-15-12-18(8-10-21(15)27)31(29,30)26-20-9-7-17(24)13-19(20)25/h3-10,12-13,26H,1-2,11H2. The zero-order chi connectivity index (χ0) is 22.2. The van der Waals surface area contributed by atoms with Crippen LogP contribution in [0.2, 0.25) is 15.1 Å². The molecule has 0 atom stereocenters. The highest BCUT2D eigenvalue weighted by atomic mass is 35.5. The van der Waals surface area contributed by atoms with Crippen molar-refractivity contribution in [1.29, 1.82) is 0 Å². The molecule has 31 heavy (non-hydrogen) atoms. The molecule has 0 aromatic heterocycles. The highest BCUT2D eigenvalue weighted by Gasteiger charge is 2.26. The molecule has 160 valence electrons. The van der Waals surface area contributed by atoms with Crippen LogP contribution in [0.5, 0.6) is 0 Å². The van der Waals surface area contributed by atoms with E-state index in [0.717, 1.165) is 12.0 Å². The molecule has 0 fully saturated rings. The third-order valence-electron chi connectivity index (χ3n) is 4.99. The number of aryl methyl sites for hydroxylation is 1. The number of carbonyl (C=O) groups excluding carboxylic acids is 1. The smallest absolute Gasteiger partial charge is 0.261 e. The van der Waals surface area contributed by atoms with E-state index in [9.17, 15) is 13.2 Å². The van der Waals surface area contributed by atoms with Crippen LogP contribution in [-0.2, 0) is 16.4 Å². The summed E-state index contributed by atoms with van der Waals surface area (Å²) >= 11 is 17.9. The fraction of sp³-hybridized carbons (Fsp3) is 0.136. The van der Waals surface area contributed by atoms with Crippen LogP contribution in [0.25, 0.3) is 0 Å². The van der Waals surface area contributed by atoms with Gasteiger partial charge in [0, 0.05) is 27.8 Å². The van der Waals surface area contributed by atoms with Gasteiger partial charge >= 0.3 is 0 Å². The topological polar surface area (TPSA) is 66.5 Å². The lowest BCUT2D eigenvalue weighted by atomic mass is 10.0. The molecule has 4 rings (SSSR count). The van der Waals surface area contributed by atoms with Crippen LogP contribution < -0.4 is 9.62 Å². The fourth-order valence-electron chi connectivity index (χ4n) is 3.48. The molecule has 0 spiro atoms. The Kier molecular flexibility index (Phi) is 6.17. The SMILES string of the molecule is O=C(c1ccc(Cl)cc1)N1CCCc2cc(S(=O)(=O)Nc3ccc(Cl)cc3Cl)ccc21. The van der Waals surface area contributed by atoms with E-state index in [1.807, 2.05) is 0 Å². The van der Waals surface area contributed by atoms with Crippen molar-refractivity contribution >= 4 is 62.1 Å². The second-order valence-corrected chi connectivity index (χ2v) is 10.0. The average molecular weight is 496 g/mol. The largest absolute Gasteiger partial charge is 0.308 e. The minimum absolute atomic E-state index is 0.0954. The van der Waals surface area contributed by atoms with Gasteiger partial charge in [0.15, 0.2) is 0 Å². The molecular weight excluding hydrogens is 479 g/mol. The maximum absolute atomic E-state index is 13.0. The molecule has 0 saturated carbocycles. The van der Waals surface area contributed by atoms with Crippen LogP contribution in [0.1, 0.15) is 22.3 Å². The average Bonchev–Trinajstić information content (AvgIpc) is 2.75. The number of carbonyl (C=O) groups is 1. The first kappa shape index (κ1) is 22.0. The molecule has 3 aromatic rings. The van der Waals surface area contributed by atoms with Crippen molar-refractivity contribution in [3.63, 3.8) is 0 Å². The van der Waals surface area contributed by atoms with Crippen LogP contribution in [0, 0.1) is 0 Å². The van der Waals surface area contributed by atoms with Crippen molar-refractivity contribution in [2.45, 2.75) is 17.7 Å². The van der Waals surface area contributed by atoms with E-state index in [1.165, 1.54) is 18.2 Å². The van der Waals surface area contributed by atoms with Crippen molar-refractivity contribution in [2.75, 3.05) is 16.2 Å². The monoisotopic (exact) mass is 494 g/mol. The van der Waals surface area contributed by atoms with Crippen LogP contribution in [0.4, 0.5) is 11.4 Å². The van der Waals surface area contributed by atoms with Gasteiger partial charge in [-0.3, -0.25) is 9.52 Å². The molecule has 1 aliphatic rings. The molecule has 1 amide bonds. The quantitative estimate of drug-likeness (QED) is 0.480. The number of hydrogen-bond acceptors (Lipinski definition) is 3. The fourth-order valence-corrected chi connectivity index (χ4v) is 5.24. The molecule has 0 radical (unpaired) electrons. The van der Waals surface area contributed by atoms with Crippen LogP contribution in [0.15, 0.2) is 65.6 Å². The maximum Gasteiger partial charge on any atom is 0.261 e. The van der Waals surface area contributed by atoms with Crippen molar-refractivity contribution in [1.82, 2.24) is 0 Å². The van der Waals surface area contributed by atoms with Gasteiger partial charge in [0.2, 0.25) is 0 Å². The van der Waals surface area contributed by atoms with Gasteiger partial charge in [0.1, 0.15) is 0 Å². The minimum atomic E-state index is -3.87. The third kappa shape index (κ3) is 4.67. The number of rotatable bonds is 4. The Morgan fingerprint density at radius 2 is 1.61 bits per heavy atom. The van der Waals surface area contributed by atoms with E-state index in [2.05, 4.69) is 4.72 Å². The molecule has 0 saturated heterocycles. The number of anilines is 2. The van der Waals surface area contributed by atoms with Gasteiger partial charge in [0.25, 0.3) is 15.9 Å². The zero-order valence-electron chi connectivity index (χ0n) is 16.1. The van der Waals surface area contributed by atoms with Gasteiger partial charge in [-0.2, -0.15) is 0 Å². The molecule has 9 heteroatoms. The maximum atomic E-state index is 13.0. The Labute approximate surface area is 195 Å². The number of nitrogens with one attached hydrogen (secondary N) is 1. The number of benzene rings is 3. The Morgan fingerprint density at radius 3 is 2.32 bits per heavy atom. The molecule has 1 aliphatic heterocycles. The van der Waals surface area contributed by atoms with Crippen LogP contribution in [0.3, 0.4) is 0 Å². The van der Waals surface area contributed by atoms with Gasteiger partial charge in [-0.05, 0) is 79.1 Å². The summed E-state index contributed by atoms with van der Waals surface area (Å²) in [5.74, 6) is -0.153. The van der Waals surface area contributed by atoms with Gasteiger partial charge < -0.3 is 4.90 Å². The second-order valence-electron chi connectivity index (χ2n) is 7.09. The lowest BCUT2D eigenvalue weighted by molar-refractivity contribution is 0.0985. The van der Waals surface area contributed by atoms with Gasteiger partial charge in [-0.25, -0.2) is 8.42 Å². The predicted octanol–water partition coefficient (Wildman–Crippen LogP) is 6.04. The normalized spacial score (nSPS) is 13.6. The zero-order valence-corrected chi connectivity index (χ0v) is 19.2. The van der Waals surface area contributed by atoms with Crippen molar-refractivity contribution in [3.05, 3.63) is 86.9 Å². The van der Waals surface area contributed by atoms with Crippen molar-refractivity contribution in [3.8, 4) is 0 Å². The first-order valence-electron chi connectivity index (χ1n) is 9.43. The Balaban J connectivity index is 1.63. The number of nitrogens with zero attached hydrogens (tertiary/aromatic N) is 1. The van der Waals surface area contributed by atoms with Crippen molar-refractivity contribution < 1.29 is 13.2 Å². The number of amides is 1. The van der Waals surface area contributed by atoms with Gasteiger partial charge in [0.05, 0.1) is 15.6 Å². The van der Waals surface area contributed by atoms with Gasteiger partial charge in [-0.15, -0.1) is 0 Å². The van der Waals surface area contributed by atoms with E-state index in [0.29, 0.717) is 34.3 Å². The molecule has 0 bridgehead atoms. The lowest BCUT2D eigenvalue weighted by Crippen LogP contribution is -2.35. The molecule has 5 nitrogen and oxygen atoms in total. The van der Waals surface area contributed by atoms with E-state index in [1.54, 1.807) is 47.4 Å². The summed E-state index contributed by atoms with van der Waals surface area (Å²) in [5, 5.41) is 1.17. The molecule has 1 N–H and O–H groups in total. The Morgan fingerprint density at radius 1 is 0.903 bits per heavy atom. The second kappa shape index (κ2) is 8.71. The lowest BCUT2D eigenvalue weighted by Gasteiger charge is -2.30. The molecule has 3 aromatic carbocycles. The first-order valence-corrected chi connectivity index (χ1v) is 12.0. The summed E-state index contributed by atoms with van der Waals surface area (Å²) < 4.78 is 28.3. The highest BCUT2D eigenvalue weighted by Crippen LogP contribution is 2.32. The van der Waals surface area contributed by atoms with Crippen LogP contribution >= 0.6 is 34.8 Å². The number of halogens is 3. The number of sulfonamides is 1. The van der Waals surface area contributed by atoms with Crippen LogP contribution in [-0.4, -0.2) is 20.9 Å². The Bertz CT molecular complexity index is 1260. The van der Waals surface area contributed by atoms with E-state index < -0.39 is 10.0 Å². The molecular formula is C22H17Cl3N2O3S. The number of fused-ring (bicyclic) bond motifs is 1. The summed E-state index contributed by atoms with van der Waals surface area (Å²) in [7, 11) is -3.87. The predicted molar refractivity (Wildman–Crippen MR) is 125 cm³/mol. The summed E-state index contributed by atoms with van der Waals surface area (Å²) in [6, 6.07) is 16.0.